The van der Waals surface area contributed by atoms with Crippen LogP contribution >= 0.6 is 27.3 Å². The number of benzene rings is 2. The first-order valence-electron chi connectivity index (χ1n) is 5.97. The molecule has 0 N–H and O–H groups in total. The Balaban J connectivity index is 1.92. The number of aromatic nitrogens is 1. The highest BCUT2D eigenvalue weighted by molar-refractivity contribution is 9.10. The quantitative estimate of drug-likeness (QED) is 0.645. The SMILES string of the molecule is O=C(Cc1nc2ccccc2s1)c1c(F)cccc1Br. The van der Waals surface area contributed by atoms with Crippen LogP contribution in [0, 0.1) is 5.82 Å². The zero-order chi connectivity index (χ0) is 14.1. The van der Waals surface area contributed by atoms with Crippen molar-refractivity contribution in [1.82, 2.24) is 4.98 Å². The van der Waals surface area contributed by atoms with Crippen LogP contribution in [-0.2, 0) is 6.42 Å². The largest absolute Gasteiger partial charge is 0.294 e. The van der Waals surface area contributed by atoms with Gasteiger partial charge in [0.2, 0.25) is 0 Å². The number of nitrogens with zero attached hydrogens (tertiary/aromatic N) is 1. The summed E-state index contributed by atoms with van der Waals surface area (Å²) in [6, 6.07) is 12.2. The molecule has 1 aromatic heterocycles. The highest BCUT2D eigenvalue weighted by Crippen LogP contribution is 2.25. The summed E-state index contributed by atoms with van der Waals surface area (Å²) in [7, 11) is 0. The maximum Gasteiger partial charge on any atom is 0.173 e. The monoisotopic (exact) mass is 349 g/mol. The molecule has 5 heteroatoms. The number of halogens is 2. The van der Waals surface area contributed by atoms with E-state index in [1.807, 2.05) is 24.3 Å². The molecule has 0 amide bonds. The molecule has 2 aromatic carbocycles. The Bertz CT molecular complexity index is 746. The average Bonchev–Trinajstić information content (AvgIpc) is 2.80. The number of fused-ring (bicyclic) bond motifs is 1. The van der Waals surface area contributed by atoms with Gasteiger partial charge in [0.25, 0.3) is 0 Å². The van der Waals surface area contributed by atoms with Gasteiger partial charge in [-0.05, 0) is 40.2 Å². The first-order valence-corrected chi connectivity index (χ1v) is 7.58. The van der Waals surface area contributed by atoms with Crippen LogP contribution in [0.15, 0.2) is 46.9 Å². The van der Waals surface area contributed by atoms with Crippen molar-refractivity contribution in [3.05, 3.63) is 63.3 Å². The molecule has 3 rings (SSSR count). The van der Waals surface area contributed by atoms with Crippen LogP contribution in [-0.4, -0.2) is 10.8 Å². The summed E-state index contributed by atoms with van der Waals surface area (Å²) in [6.07, 6.45) is 0.110. The van der Waals surface area contributed by atoms with E-state index in [0.29, 0.717) is 9.48 Å². The predicted molar refractivity (Wildman–Crippen MR) is 81.8 cm³/mol. The fraction of sp³-hybridized carbons (Fsp3) is 0.0667. The van der Waals surface area contributed by atoms with E-state index < -0.39 is 5.82 Å². The van der Waals surface area contributed by atoms with Gasteiger partial charge in [-0.1, -0.05) is 18.2 Å². The lowest BCUT2D eigenvalue weighted by Gasteiger charge is -2.03. The number of ketones is 1. The van der Waals surface area contributed by atoms with Crippen molar-refractivity contribution >= 4 is 43.3 Å². The normalized spacial score (nSPS) is 10.9. The van der Waals surface area contributed by atoms with Gasteiger partial charge in [-0.15, -0.1) is 11.3 Å². The molecule has 0 saturated carbocycles. The zero-order valence-corrected chi connectivity index (χ0v) is 12.7. The molecule has 0 bridgehead atoms. The summed E-state index contributed by atoms with van der Waals surface area (Å²) in [4.78, 5) is 16.6. The number of hydrogen-bond acceptors (Lipinski definition) is 3. The third kappa shape index (κ3) is 2.51. The van der Waals surface area contributed by atoms with Gasteiger partial charge in [0.1, 0.15) is 10.8 Å². The second-order valence-electron chi connectivity index (χ2n) is 4.27. The fourth-order valence-corrected chi connectivity index (χ4v) is 3.51. The van der Waals surface area contributed by atoms with Gasteiger partial charge in [0, 0.05) is 4.47 Å². The van der Waals surface area contributed by atoms with Gasteiger partial charge in [0.05, 0.1) is 22.2 Å². The highest BCUT2D eigenvalue weighted by Gasteiger charge is 2.17. The molecule has 0 fully saturated rings. The molecular weight excluding hydrogens is 341 g/mol. The van der Waals surface area contributed by atoms with Crippen molar-refractivity contribution in [2.45, 2.75) is 6.42 Å². The maximum atomic E-state index is 13.7. The van der Waals surface area contributed by atoms with Gasteiger partial charge in [-0.2, -0.15) is 0 Å². The smallest absolute Gasteiger partial charge is 0.173 e. The van der Waals surface area contributed by atoms with Crippen LogP contribution in [0.5, 0.6) is 0 Å². The Morgan fingerprint density at radius 3 is 2.75 bits per heavy atom. The number of hydrogen-bond donors (Lipinski definition) is 0. The van der Waals surface area contributed by atoms with E-state index in [4.69, 9.17) is 0 Å². The van der Waals surface area contributed by atoms with Crippen LogP contribution < -0.4 is 0 Å². The van der Waals surface area contributed by atoms with Crippen molar-refractivity contribution in [1.29, 1.82) is 0 Å². The molecule has 100 valence electrons. The number of para-hydroxylation sites is 1. The van der Waals surface area contributed by atoms with E-state index in [1.165, 1.54) is 17.4 Å². The van der Waals surface area contributed by atoms with E-state index >= 15 is 0 Å². The molecule has 0 aliphatic heterocycles. The lowest BCUT2D eigenvalue weighted by atomic mass is 10.1. The minimum absolute atomic E-state index is 0.0896. The van der Waals surface area contributed by atoms with E-state index in [9.17, 15) is 9.18 Å². The van der Waals surface area contributed by atoms with Crippen LogP contribution in [0.2, 0.25) is 0 Å². The fourth-order valence-electron chi connectivity index (χ4n) is 1.99. The van der Waals surface area contributed by atoms with Crippen molar-refractivity contribution in [3.63, 3.8) is 0 Å². The first kappa shape index (κ1) is 13.4. The molecule has 2 nitrogen and oxygen atoms in total. The summed E-state index contributed by atoms with van der Waals surface area (Å²) in [5.41, 5.74) is 0.958. The molecule has 0 aliphatic carbocycles. The minimum Gasteiger partial charge on any atom is -0.294 e. The molecule has 0 atom stereocenters. The van der Waals surface area contributed by atoms with Gasteiger partial charge in [-0.3, -0.25) is 4.79 Å². The predicted octanol–water partition coefficient (Wildman–Crippen LogP) is 4.62. The average molecular weight is 350 g/mol. The summed E-state index contributed by atoms with van der Waals surface area (Å²) in [5, 5.41) is 0.700. The Kier molecular flexibility index (Phi) is 3.63. The van der Waals surface area contributed by atoms with Gasteiger partial charge < -0.3 is 0 Å². The summed E-state index contributed by atoms with van der Waals surface area (Å²) >= 11 is 4.68. The number of Topliss-reactive ketones (excluding diaryl/α,β-unsaturated/α-hetero) is 1. The van der Waals surface area contributed by atoms with E-state index in [1.54, 1.807) is 12.1 Å². The standard InChI is InChI=1S/C15H9BrFNOS/c16-9-4-3-5-10(17)15(9)12(19)8-14-18-11-6-1-2-7-13(11)20-14/h1-7H,8H2. The van der Waals surface area contributed by atoms with Crippen LogP contribution in [0.4, 0.5) is 4.39 Å². The number of thiazole rings is 1. The second-order valence-corrected chi connectivity index (χ2v) is 6.24. The third-order valence-corrected chi connectivity index (χ3v) is 4.59. The molecule has 0 unspecified atom stereocenters. The maximum absolute atomic E-state index is 13.7. The van der Waals surface area contributed by atoms with Crippen molar-refractivity contribution in [2.24, 2.45) is 0 Å². The molecule has 0 aliphatic rings. The second kappa shape index (κ2) is 5.42. The Labute approximate surface area is 127 Å². The number of rotatable bonds is 3. The Morgan fingerprint density at radius 1 is 1.20 bits per heavy atom. The van der Waals surface area contributed by atoms with Crippen LogP contribution in [0.25, 0.3) is 10.2 Å². The van der Waals surface area contributed by atoms with Gasteiger partial charge in [0.15, 0.2) is 5.78 Å². The Hall–Kier alpha value is -1.59. The van der Waals surface area contributed by atoms with Crippen molar-refractivity contribution in [2.75, 3.05) is 0 Å². The van der Waals surface area contributed by atoms with Crippen molar-refractivity contribution < 1.29 is 9.18 Å². The molecule has 1 heterocycles. The highest BCUT2D eigenvalue weighted by atomic mass is 79.9. The van der Waals surface area contributed by atoms with E-state index in [-0.39, 0.29) is 17.8 Å². The molecule has 0 spiro atoms. The molecule has 0 radical (unpaired) electrons. The van der Waals surface area contributed by atoms with Gasteiger partial charge in [-0.25, -0.2) is 9.37 Å². The van der Waals surface area contributed by atoms with Crippen LogP contribution in [0.3, 0.4) is 0 Å². The van der Waals surface area contributed by atoms with Gasteiger partial charge >= 0.3 is 0 Å². The third-order valence-electron chi connectivity index (χ3n) is 2.89. The molecule has 3 aromatic rings. The molecule has 20 heavy (non-hydrogen) atoms. The summed E-state index contributed by atoms with van der Waals surface area (Å²) in [5.74, 6) is -0.778. The minimum atomic E-state index is -0.509. The number of carbonyl (C=O) groups is 1. The topological polar surface area (TPSA) is 30.0 Å². The molecule has 0 saturated heterocycles. The summed E-state index contributed by atoms with van der Waals surface area (Å²) in [6.45, 7) is 0. The van der Waals surface area contributed by atoms with E-state index in [2.05, 4.69) is 20.9 Å². The number of carbonyl (C=O) groups excluding carboxylic acids is 1. The zero-order valence-electron chi connectivity index (χ0n) is 10.3. The lowest BCUT2D eigenvalue weighted by molar-refractivity contribution is 0.0988. The first-order chi connectivity index (χ1) is 9.65. The summed E-state index contributed by atoms with van der Waals surface area (Å²) < 4.78 is 15.2. The van der Waals surface area contributed by atoms with E-state index in [0.717, 1.165) is 10.2 Å². The lowest BCUT2D eigenvalue weighted by Crippen LogP contribution is -2.07. The van der Waals surface area contributed by atoms with Crippen molar-refractivity contribution in [3.8, 4) is 0 Å². The molecular formula is C15H9BrFNOS. The Morgan fingerprint density at radius 2 is 2.00 bits per heavy atom. The van der Waals surface area contributed by atoms with Crippen LogP contribution in [0.1, 0.15) is 15.4 Å².